The number of halogens is 2. The number of hydrogen-bond donors (Lipinski definition) is 1. The summed E-state index contributed by atoms with van der Waals surface area (Å²) in [4.78, 5) is 28.4. The normalized spacial score (nSPS) is 12.6. The van der Waals surface area contributed by atoms with E-state index in [2.05, 4.69) is 5.32 Å². The van der Waals surface area contributed by atoms with Crippen LogP contribution in [0.25, 0.3) is 0 Å². The molecule has 190 valence electrons. The molecule has 0 unspecified atom stereocenters. The van der Waals surface area contributed by atoms with Crippen molar-refractivity contribution < 1.29 is 18.4 Å². The van der Waals surface area contributed by atoms with Crippen molar-refractivity contribution in [2.24, 2.45) is 0 Å². The summed E-state index contributed by atoms with van der Waals surface area (Å²) in [6, 6.07) is 21.1. The van der Waals surface area contributed by atoms with E-state index in [1.165, 1.54) is 34.9 Å². The number of nitrogens with zero attached hydrogens (tertiary/aromatic N) is 1. The van der Waals surface area contributed by atoms with Crippen LogP contribution in [0.15, 0.2) is 78.9 Å². The lowest BCUT2D eigenvalue weighted by Gasteiger charge is -2.32. The lowest BCUT2D eigenvalue weighted by Crippen LogP contribution is -2.52. The second-order valence-electron chi connectivity index (χ2n) is 8.76. The van der Waals surface area contributed by atoms with Crippen LogP contribution in [-0.2, 0) is 28.3 Å². The van der Waals surface area contributed by atoms with Crippen LogP contribution in [0.3, 0.4) is 0 Å². The zero-order valence-electron chi connectivity index (χ0n) is 20.6. The highest BCUT2D eigenvalue weighted by molar-refractivity contribution is 7.99. The highest BCUT2D eigenvalue weighted by Crippen LogP contribution is 2.20. The first-order valence-corrected chi connectivity index (χ1v) is 13.2. The Bertz CT molecular complexity index is 1130. The van der Waals surface area contributed by atoms with Crippen molar-refractivity contribution in [3.63, 3.8) is 0 Å². The van der Waals surface area contributed by atoms with Crippen molar-refractivity contribution in [2.75, 3.05) is 5.75 Å². The maximum absolute atomic E-state index is 14.6. The van der Waals surface area contributed by atoms with Crippen molar-refractivity contribution in [3.05, 3.63) is 107 Å². The van der Waals surface area contributed by atoms with E-state index in [9.17, 15) is 18.4 Å². The number of rotatable bonds is 12. The molecule has 3 aromatic rings. The number of benzene rings is 3. The van der Waals surface area contributed by atoms with Crippen molar-refractivity contribution in [3.8, 4) is 0 Å². The molecule has 2 atom stereocenters. The van der Waals surface area contributed by atoms with Gasteiger partial charge in [-0.05, 0) is 42.7 Å². The van der Waals surface area contributed by atoms with E-state index >= 15 is 0 Å². The summed E-state index contributed by atoms with van der Waals surface area (Å²) in [5.74, 6) is -0.635. The van der Waals surface area contributed by atoms with Crippen LogP contribution >= 0.6 is 11.8 Å². The lowest BCUT2D eigenvalue weighted by atomic mass is 10.0. The summed E-state index contributed by atoms with van der Waals surface area (Å²) < 4.78 is 27.8. The van der Waals surface area contributed by atoms with Gasteiger partial charge in [-0.25, -0.2) is 8.78 Å². The van der Waals surface area contributed by atoms with Crippen molar-refractivity contribution in [1.29, 1.82) is 0 Å². The zero-order valence-corrected chi connectivity index (χ0v) is 21.4. The third-order valence-corrected chi connectivity index (χ3v) is 6.97. The van der Waals surface area contributed by atoms with Crippen LogP contribution in [0.1, 0.15) is 37.0 Å². The lowest BCUT2D eigenvalue weighted by molar-refractivity contribution is -0.139. The molecule has 0 aliphatic rings. The monoisotopic (exact) mass is 510 g/mol. The molecule has 1 N–H and O–H groups in total. The minimum absolute atomic E-state index is 0.0198. The van der Waals surface area contributed by atoms with Gasteiger partial charge < -0.3 is 10.2 Å². The second-order valence-corrected chi connectivity index (χ2v) is 9.74. The molecule has 0 bridgehead atoms. The molecule has 0 aliphatic heterocycles. The molecule has 0 heterocycles. The second kappa shape index (κ2) is 13.8. The zero-order chi connectivity index (χ0) is 25.9. The molecule has 0 fully saturated rings. The summed E-state index contributed by atoms with van der Waals surface area (Å²) >= 11 is 1.38. The number of hydrogen-bond acceptors (Lipinski definition) is 3. The number of nitrogens with one attached hydrogen (secondary N) is 1. The molecule has 0 radical (unpaired) electrons. The Morgan fingerprint density at radius 2 is 1.58 bits per heavy atom. The third-order valence-electron chi connectivity index (χ3n) is 5.98. The minimum atomic E-state index is -0.806. The molecule has 4 nitrogen and oxygen atoms in total. The van der Waals surface area contributed by atoms with Gasteiger partial charge in [-0.1, -0.05) is 67.6 Å². The van der Waals surface area contributed by atoms with Crippen LogP contribution in [-0.4, -0.2) is 34.6 Å². The molecule has 0 spiro atoms. The summed E-state index contributed by atoms with van der Waals surface area (Å²) in [7, 11) is 0. The first-order valence-electron chi connectivity index (χ1n) is 12.1. The van der Waals surface area contributed by atoms with Gasteiger partial charge in [0.25, 0.3) is 0 Å². The van der Waals surface area contributed by atoms with Gasteiger partial charge in [-0.3, -0.25) is 9.59 Å². The van der Waals surface area contributed by atoms with E-state index in [-0.39, 0.29) is 36.0 Å². The Morgan fingerprint density at radius 1 is 0.917 bits per heavy atom. The van der Waals surface area contributed by atoms with Crippen LogP contribution in [0.2, 0.25) is 0 Å². The molecule has 36 heavy (non-hydrogen) atoms. The standard InChI is InChI=1S/C29H32F2N2O2S/c1-3-21(2)32-29(35)27(17-22-9-5-4-6-10-22)33(18-24-11-7-8-12-26(24)31)28(34)20-36-19-23-13-15-25(30)16-14-23/h4-16,21,27H,3,17-20H2,1-2H3,(H,32,35)/t21-,27-/m1/s1. The fourth-order valence-corrected chi connectivity index (χ4v) is 4.60. The van der Waals surface area contributed by atoms with Crippen LogP contribution in [0.4, 0.5) is 8.78 Å². The van der Waals surface area contributed by atoms with Crippen molar-refractivity contribution in [1.82, 2.24) is 10.2 Å². The summed E-state index contributed by atoms with van der Waals surface area (Å²) in [6.45, 7) is 3.87. The number of carbonyl (C=O) groups excluding carboxylic acids is 2. The Kier molecular flexibility index (Phi) is 10.5. The topological polar surface area (TPSA) is 49.4 Å². The van der Waals surface area contributed by atoms with E-state index in [0.717, 1.165) is 17.5 Å². The highest BCUT2D eigenvalue weighted by Gasteiger charge is 2.31. The molecular formula is C29H32F2N2O2S. The molecule has 0 saturated carbocycles. The van der Waals surface area contributed by atoms with E-state index in [1.807, 2.05) is 44.2 Å². The van der Waals surface area contributed by atoms with Gasteiger partial charge >= 0.3 is 0 Å². The number of thioether (sulfide) groups is 1. The maximum Gasteiger partial charge on any atom is 0.243 e. The summed E-state index contributed by atoms with van der Waals surface area (Å²) in [5.41, 5.74) is 2.15. The van der Waals surface area contributed by atoms with E-state index in [1.54, 1.807) is 30.3 Å². The van der Waals surface area contributed by atoms with Gasteiger partial charge in [-0.15, -0.1) is 11.8 Å². The summed E-state index contributed by atoms with van der Waals surface area (Å²) in [6.07, 6.45) is 1.06. The SMILES string of the molecule is CC[C@@H](C)NC(=O)[C@@H](Cc1ccccc1)N(Cc1ccccc1F)C(=O)CSCc1ccc(F)cc1. The van der Waals surface area contributed by atoms with Crippen molar-refractivity contribution >= 4 is 23.6 Å². The molecule has 3 rings (SSSR count). The molecular weight excluding hydrogens is 478 g/mol. The Labute approximate surface area is 216 Å². The predicted molar refractivity (Wildman–Crippen MR) is 141 cm³/mol. The largest absolute Gasteiger partial charge is 0.352 e. The molecule has 3 aromatic carbocycles. The highest BCUT2D eigenvalue weighted by atomic mass is 32.2. The van der Waals surface area contributed by atoms with E-state index in [4.69, 9.17) is 0 Å². The molecule has 7 heteroatoms. The van der Waals surface area contributed by atoms with E-state index < -0.39 is 11.9 Å². The number of carbonyl (C=O) groups is 2. The van der Waals surface area contributed by atoms with Crippen LogP contribution < -0.4 is 5.32 Å². The molecule has 0 aromatic heterocycles. The average Bonchev–Trinajstić information content (AvgIpc) is 2.88. The Hall–Kier alpha value is -3.19. The van der Waals surface area contributed by atoms with Crippen molar-refractivity contribution in [2.45, 2.75) is 51.1 Å². The fraction of sp³-hybridized carbons (Fsp3) is 0.310. The first-order chi connectivity index (χ1) is 17.4. The van der Waals surface area contributed by atoms with Gasteiger partial charge in [-0.2, -0.15) is 0 Å². The van der Waals surface area contributed by atoms with Crippen LogP contribution in [0.5, 0.6) is 0 Å². The smallest absolute Gasteiger partial charge is 0.243 e. The molecule has 0 aliphatic carbocycles. The number of amides is 2. The van der Waals surface area contributed by atoms with Gasteiger partial charge in [0, 0.05) is 30.3 Å². The van der Waals surface area contributed by atoms with Gasteiger partial charge in [0.2, 0.25) is 11.8 Å². The Balaban J connectivity index is 1.86. The average molecular weight is 511 g/mol. The quantitative estimate of drug-likeness (QED) is 0.337. The van der Waals surface area contributed by atoms with Crippen LogP contribution in [0, 0.1) is 11.6 Å². The maximum atomic E-state index is 14.6. The first kappa shape index (κ1) is 27.4. The van der Waals surface area contributed by atoms with Gasteiger partial charge in [0.1, 0.15) is 17.7 Å². The molecule has 2 amide bonds. The summed E-state index contributed by atoms with van der Waals surface area (Å²) in [5, 5.41) is 3.00. The predicted octanol–water partition coefficient (Wildman–Crippen LogP) is 5.75. The van der Waals surface area contributed by atoms with Gasteiger partial charge in [0.05, 0.1) is 5.75 Å². The van der Waals surface area contributed by atoms with Gasteiger partial charge in [0.15, 0.2) is 0 Å². The minimum Gasteiger partial charge on any atom is -0.352 e. The Morgan fingerprint density at radius 3 is 2.25 bits per heavy atom. The van der Waals surface area contributed by atoms with E-state index in [0.29, 0.717) is 17.7 Å². The fourth-order valence-electron chi connectivity index (χ4n) is 3.72. The third kappa shape index (κ3) is 8.19. The molecule has 0 saturated heterocycles.